The van der Waals surface area contributed by atoms with Crippen molar-refractivity contribution >= 4 is 17.7 Å². The molecule has 31 heavy (non-hydrogen) atoms. The quantitative estimate of drug-likeness (QED) is 0.469. The summed E-state index contributed by atoms with van der Waals surface area (Å²) in [6.07, 6.45) is 0. The summed E-state index contributed by atoms with van der Waals surface area (Å²) in [7, 11) is 0. The van der Waals surface area contributed by atoms with Gasteiger partial charge in [-0.15, -0.1) is 0 Å². The van der Waals surface area contributed by atoms with Crippen LogP contribution in [0.2, 0.25) is 0 Å². The fourth-order valence-corrected chi connectivity index (χ4v) is 3.19. The zero-order valence-electron chi connectivity index (χ0n) is 17.1. The van der Waals surface area contributed by atoms with E-state index in [1.54, 1.807) is 24.3 Å². The number of hydrogen-bond acceptors (Lipinski definition) is 3. The van der Waals surface area contributed by atoms with E-state index in [1.165, 1.54) is 0 Å². The maximum absolute atomic E-state index is 12.9. The van der Waals surface area contributed by atoms with Crippen LogP contribution in [-0.2, 0) is 9.59 Å². The summed E-state index contributed by atoms with van der Waals surface area (Å²) in [4.78, 5) is 36.8. The molecule has 0 spiro atoms. The number of benzene rings is 3. The van der Waals surface area contributed by atoms with Crippen molar-refractivity contribution in [3.63, 3.8) is 0 Å². The molecule has 0 aromatic heterocycles. The van der Waals surface area contributed by atoms with E-state index in [0.29, 0.717) is 5.56 Å². The Balaban J connectivity index is 1.46. The Morgan fingerprint density at radius 2 is 1.10 bits per heavy atom. The zero-order chi connectivity index (χ0) is 21.9. The molecule has 3 aromatic carbocycles. The zero-order valence-corrected chi connectivity index (χ0v) is 17.1. The van der Waals surface area contributed by atoms with Gasteiger partial charge in [-0.25, -0.2) is 0 Å². The van der Waals surface area contributed by atoms with Crippen molar-refractivity contribution in [2.45, 2.75) is 5.92 Å². The number of carbonyl (C=O) groups is 3. The summed E-state index contributed by atoms with van der Waals surface area (Å²) in [6.45, 7) is 0.424. The van der Waals surface area contributed by atoms with Crippen LogP contribution in [0.15, 0.2) is 91.0 Å². The van der Waals surface area contributed by atoms with Gasteiger partial charge < -0.3 is 16.0 Å². The van der Waals surface area contributed by atoms with Gasteiger partial charge >= 0.3 is 0 Å². The van der Waals surface area contributed by atoms with E-state index in [2.05, 4.69) is 16.0 Å². The van der Waals surface area contributed by atoms with Crippen LogP contribution >= 0.6 is 0 Å². The highest BCUT2D eigenvalue weighted by atomic mass is 16.2. The summed E-state index contributed by atoms with van der Waals surface area (Å²) >= 11 is 0. The molecule has 0 bridgehead atoms. The van der Waals surface area contributed by atoms with Gasteiger partial charge in [0, 0.05) is 18.7 Å². The first kappa shape index (κ1) is 21.8. The van der Waals surface area contributed by atoms with Gasteiger partial charge in [-0.3, -0.25) is 14.4 Å². The van der Waals surface area contributed by atoms with Crippen LogP contribution in [0.1, 0.15) is 27.4 Å². The van der Waals surface area contributed by atoms with Crippen LogP contribution in [0.4, 0.5) is 0 Å². The monoisotopic (exact) mass is 415 g/mol. The average Bonchev–Trinajstić information content (AvgIpc) is 2.82. The predicted octanol–water partition coefficient (Wildman–Crippen LogP) is 2.48. The van der Waals surface area contributed by atoms with Gasteiger partial charge in [0.05, 0.1) is 12.5 Å². The highest BCUT2D eigenvalue weighted by molar-refractivity contribution is 5.96. The van der Waals surface area contributed by atoms with Crippen molar-refractivity contribution in [2.75, 3.05) is 19.6 Å². The van der Waals surface area contributed by atoms with Crippen molar-refractivity contribution < 1.29 is 14.4 Å². The molecular weight excluding hydrogens is 390 g/mol. The van der Waals surface area contributed by atoms with E-state index < -0.39 is 5.92 Å². The highest BCUT2D eigenvalue weighted by Gasteiger charge is 2.22. The standard InChI is InChI=1S/C25H25N3O3/c29-22(18-28-24(30)21-14-8-3-9-15-21)26-16-17-27-25(31)23(19-10-4-1-5-11-19)20-12-6-2-7-13-20/h1-15,23H,16-18H2,(H,26,29)(H,27,31)(H,28,30). The second-order valence-corrected chi connectivity index (χ2v) is 6.94. The van der Waals surface area contributed by atoms with Gasteiger partial charge in [-0.2, -0.15) is 0 Å². The molecule has 3 amide bonds. The Labute approximate surface area is 181 Å². The second-order valence-electron chi connectivity index (χ2n) is 6.94. The minimum absolute atomic E-state index is 0.127. The van der Waals surface area contributed by atoms with Crippen LogP contribution in [-0.4, -0.2) is 37.4 Å². The topological polar surface area (TPSA) is 87.3 Å². The molecule has 0 fully saturated rings. The molecule has 0 unspecified atom stereocenters. The van der Waals surface area contributed by atoms with E-state index in [-0.39, 0.29) is 37.4 Å². The summed E-state index contributed by atoms with van der Waals surface area (Å²) in [5.41, 5.74) is 2.30. The van der Waals surface area contributed by atoms with Gasteiger partial charge in [0.1, 0.15) is 0 Å². The van der Waals surface area contributed by atoms with E-state index in [4.69, 9.17) is 0 Å². The van der Waals surface area contributed by atoms with E-state index >= 15 is 0 Å². The summed E-state index contributed by atoms with van der Waals surface area (Å²) in [5.74, 6) is -1.19. The first-order valence-electron chi connectivity index (χ1n) is 10.1. The molecule has 3 N–H and O–H groups in total. The second kappa shape index (κ2) is 11.3. The molecule has 3 aromatic rings. The molecule has 0 heterocycles. The van der Waals surface area contributed by atoms with Crippen LogP contribution in [0.25, 0.3) is 0 Å². The summed E-state index contributed by atoms with van der Waals surface area (Å²) in [5, 5.41) is 8.15. The molecule has 0 atom stereocenters. The maximum atomic E-state index is 12.9. The molecule has 6 heteroatoms. The van der Waals surface area contributed by atoms with E-state index in [9.17, 15) is 14.4 Å². The third-order valence-electron chi connectivity index (χ3n) is 4.72. The van der Waals surface area contributed by atoms with Gasteiger partial charge in [-0.1, -0.05) is 78.9 Å². The van der Waals surface area contributed by atoms with Gasteiger partial charge in [0.15, 0.2) is 0 Å². The predicted molar refractivity (Wildman–Crippen MR) is 120 cm³/mol. The SMILES string of the molecule is O=C(CNC(=O)c1ccccc1)NCCNC(=O)C(c1ccccc1)c1ccccc1. The normalized spacial score (nSPS) is 10.4. The Morgan fingerprint density at radius 3 is 1.65 bits per heavy atom. The van der Waals surface area contributed by atoms with E-state index in [0.717, 1.165) is 11.1 Å². The Hall–Kier alpha value is -3.93. The smallest absolute Gasteiger partial charge is 0.251 e. The molecule has 3 rings (SSSR count). The van der Waals surface area contributed by atoms with Crippen molar-refractivity contribution in [3.05, 3.63) is 108 Å². The lowest BCUT2D eigenvalue weighted by Gasteiger charge is -2.18. The first-order valence-corrected chi connectivity index (χ1v) is 10.1. The minimum Gasteiger partial charge on any atom is -0.354 e. The largest absolute Gasteiger partial charge is 0.354 e. The lowest BCUT2D eigenvalue weighted by atomic mass is 9.90. The third-order valence-corrected chi connectivity index (χ3v) is 4.72. The van der Waals surface area contributed by atoms with Crippen LogP contribution in [0.5, 0.6) is 0 Å². The van der Waals surface area contributed by atoms with Crippen molar-refractivity contribution in [3.8, 4) is 0 Å². The molecule has 6 nitrogen and oxygen atoms in total. The lowest BCUT2D eigenvalue weighted by molar-refractivity contribution is -0.122. The Kier molecular flexibility index (Phi) is 7.94. The van der Waals surface area contributed by atoms with Gasteiger partial charge in [0.25, 0.3) is 5.91 Å². The lowest BCUT2D eigenvalue weighted by Crippen LogP contribution is -2.41. The van der Waals surface area contributed by atoms with Gasteiger partial charge in [0.2, 0.25) is 11.8 Å². The fraction of sp³-hybridized carbons (Fsp3) is 0.160. The molecule has 0 aliphatic rings. The average molecular weight is 415 g/mol. The van der Waals surface area contributed by atoms with Crippen LogP contribution < -0.4 is 16.0 Å². The highest BCUT2D eigenvalue weighted by Crippen LogP contribution is 2.24. The van der Waals surface area contributed by atoms with Gasteiger partial charge in [-0.05, 0) is 23.3 Å². The summed E-state index contributed by atoms with van der Waals surface area (Å²) in [6, 6.07) is 27.8. The molecule has 0 aliphatic carbocycles. The molecule has 0 saturated heterocycles. The first-order chi connectivity index (χ1) is 15.1. The molecule has 0 saturated carbocycles. The number of hydrogen-bond donors (Lipinski definition) is 3. The summed E-state index contributed by atoms with van der Waals surface area (Å²) < 4.78 is 0. The third kappa shape index (κ3) is 6.54. The molecule has 0 aliphatic heterocycles. The van der Waals surface area contributed by atoms with Crippen LogP contribution in [0.3, 0.4) is 0 Å². The number of rotatable bonds is 9. The molecular formula is C25H25N3O3. The Morgan fingerprint density at radius 1 is 0.613 bits per heavy atom. The number of nitrogens with one attached hydrogen (secondary N) is 3. The maximum Gasteiger partial charge on any atom is 0.251 e. The number of amides is 3. The number of carbonyl (C=O) groups excluding carboxylic acids is 3. The molecule has 158 valence electrons. The van der Waals surface area contributed by atoms with Crippen LogP contribution in [0, 0.1) is 0 Å². The molecule has 0 radical (unpaired) electrons. The Bertz CT molecular complexity index is 953. The van der Waals surface area contributed by atoms with Crippen molar-refractivity contribution in [1.82, 2.24) is 16.0 Å². The van der Waals surface area contributed by atoms with E-state index in [1.807, 2.05) is 66.7 Å². The van der Waals surface area contributed by atoms with Crippen molar-refractivity contribution in [1.29, 1.82) is 0 Å². The van der Waals surface area contributed by atoms with Crippen molar-refractivity contribution in [2.24, 2.45) is 0 Å². The fourth-order valence-electron chi connectivity index (χ4n) is 3.19. The minimum atomic E-state index is -0.428.